The van der Waals surface area contributed by atoms with Crippen molar-refractivity contribution in [3.8, 4) is 0 Å². The summed E-state index contributed by atoms with van der Waals surface area (Å²) in [5.74, 6) is 0.0771. The summed E-state index contributed by atoms with van der Waals surface area (Å²) in [5.41, 5.74) is 1.68. The molecule has 2 fully saturated rings. The van der Waals surface area contributed by atoms with Crippen molar-refractivity contribution in [2.75, 3.05) is 58.5 Å². The van der Waals surface area contributed by atoms with Crippen molar-refractivity contribution in [2.45, 2.75) is 25.0 Å². The number of benzene rings is 1. The van der Waals surface area contributed by atoms with Gasteiger partial charge in [0.05, 0.1) is 13.2 Å². The Kier molecular flexibility index (Phi) is 9.84. The Morgan fingerprint density at radius 3 is 2.48 bits per heavy atom. The molecule has 0 bridgehead atoms. The summed E-state index contributed by atoms with van der Waals surface area (Å²) in [6, 6.07) is 8.33. The van der Waals surface area contributed by atoms with Crippen LogP contribution in [0.25, 0.3) is 0 Å². The smallest absolute Gasteiger partial charge is 0.254 e. The third-order valence-electron chi connectivity index (χ3n) is 5.29. The van der Waals surface area contributed by atoms with Gasteiger partial charge in [-0.15, -0.1) is 24.8 Å². The van der Waals surface area contributed by atoms with Crippen molar-refractivity contribution in [3.05, 3.63) is 29.8 Å². The molecule has 0 aliphatic carbocycles. The number of carbonyl (C=O) groups is 1. The van der Waals surface area contributed by atoms with Crippen molar-refractivity contribution in [2.24, 2.45) is 0 Å². The minimum absolute atomic E-state index is 0. The standard InChI is InChI=1S/C19H29N3O3.2ClH/c1-21(18(23)19(24-2)7-9-20-10-8-19)15-16-5-3-4-6-17(16)22-11-13-25-14-12-22;;/h3-6,20H,7-15H2,1-2H3;2*1H. The van der Waals surface area contributed by atoms with Gasteiger partial charge in [-0.05, 0) is 37.6 Å². The zero-order chi connectivity index (χ0) is 17.7. The number of rotatable bonds is 5. The summed E-state index contributed by atoms with van der Waals surface area (Å²) in [7, 11) is 3.53. The molecule has 8 heteroatoms. The number of nitrogens with zero attached hydrogens (tertiary/aromatic N) is 2. The van der Waals surface area contributed by atoms with Crippen LogP contribution in [0.3, 0.4) is 0 Å². The normalized spacial score (nSPS) is 18.8. The Labute approximate surface area is 174 Å². The van der Waals surface area contributed by atoms with Crippen LogP contribution in [0.2, 0.25) is 0 Å². The van der Waals surface area contributed by atoms with Gasteiger partial charge >= 0.3 is 0 Å². The molecule has 154 valence electrons. The van der Waals surface area contributed by atoms with Crippen LogP contribution in [0, 0.1) is 0 Å². The number of carbonyl (C=O) groups excluding carboxylic acids is 1. The highest BCUT2D eigenvalue weighted by Crippen LogP contribution is 2.27. The molecule has 0 aromatic heterocycles. The molecule has 0 spiro atoms. The molecule has 27 heavy (non-hydrogen) atoms. The van der Waals surface area contributed by atoms with E-state index in [1.54, 1.807) is 7.11 Å². The summed E-state index contributed by atoms with van der Waals surface area (Å²) in [4.78, 5) is 17.2. The SMILES string of the molecule is COC1(C(=O)N(C)Cc2ccccc2N2CCOCC2)CCNCC1.Cl.Cl. The molecule has 0 radical (unpaired) electrons. The van der Waals surface area contributed by atoms with Crippen molar-refractivity contribution in [1.82, 2.24) is 10.2 Å². The topological polar surface area (TPSA) is 54.0 Å². The van der Waals surface area contributed by atoms with Crippen LogP contribution in [0.15, 0.2) is 24.3 Å². The van der Waals surface area contributed by atoms with E-state index in [9.17, 15) is 4.79 Å². The molecular formula is C19H31Cl2N3O3. The average Bonchev–Trinajstić information content (AvgIpc) is 2.69. The second-order valence-corrected chi connectivity index (χ2v) is 6.84. The number of hydrogen-bond donors (Lipinski definition) is 1. The van der Waals surface area contributed by atoms with Gasteiger partial charge in [-0.3, -0.25) is 4.79 Å². The molecule has 1 N–H and O–H groups in total. The predicted molar refractivity (Wildman–Crippen MR) is 112 cm³/mol. The summed E-state index contributed by atoms with van der Waals surface area (Å²) < 4.78 is 11.1. The maximum atomic E-state index is 13.1. The van der Waals surface area contributed by atoms with Crippen LogP contribution in [-0.4, -0.2) is 70.0 Å². The summed E-state index contributed by atoms with van der Waals surface area (Å²) in [6.07, 6.45) is 1.44. The molecule has 1 amide bonds. The number of para-hydroxylation sites is 1. The quantitative estimate of drug-likeness (QED) is 0.791. The molecule has 2 saturated heterocycles. The molecule has 2 aliphatic rings. The van der Waals surface area contributed by atoms with Crippen molar-refractivity contribution in [3.63, 3.8) is 0 Å². The number of likely N-dealkylation sites (N-methyl/N-ethyl adjacent to an activating group) is 1. The van der Waals surface area contributed by atoms with E-state index in [4.69, 9.17) is 9.47 Å². The van der Waals surface area contributed by atoms with Crippen LogP contribution >= 0.6 is 24.8 Å². The average molecular weight is 420 g/mol. The Hall–Kier alpha value is -1.05. The number of nitrogens with one attached hydrogen (secondary N) is 1. The Bertz CT molecular complexity index is 591. The highest BCUT2D eigenvalue weighted by Gasteiger charge is 2.41. The lowest BCUT2D eigenvalue weighted by atomic mass is 9.90. The molecule has 1 aromatic carbocycles. The number of halogens is 2. The number of methoxy groups -OCH3 is 1. The van der Waals surface area contributed by atoms with E-state index >= 15 is 0 Å². The molecule has 1 aromatic rings. The van der Waals surface area contributed by atoms with Crippen LogP contribution in [-0.2, 0) is 20.8 Å². The van der Waals surface area contributed by atoms with Gasteiger partial charge < -0.3 is 24.6 Å². The van der Waals surface area contributed by atoms with Gasteiger partial charge in [0, 0.05) is 39.5 Å². The minimum Gasteiger partial charge on any atom is -0.378 e. The molecule has 0 unspecified atom stereocenters. The van der Waals surface area contributed by atoms with E-state index in [1.807, 2.05) is 18.0 Å². The lowest BCUT2D eigenvalue weighted by Gasteiger charge is -2.38. The van der Waals surface area contributed by atoms with E-state index < -0.39 is 5.60 Å². The molecule has 3 rings (SSSR count). The van der Waals surface area contributed by atoms with Gasteiger partial charge in [-0.2, -0.15) is 0 Å². The number of hydrogen-bond acceptors (Lipinski definition) is 5. The number of ether oxygens (including phenoxy) is 2. The monoisotopic (exact) mass is 419 g/mol. The van der Waals surface area contributed by atoms with E-state index in [1.165, 1.54) is 11.3 Å². The van der Waals surface area contributed by atoms with E-state index in [0.717, 1.165) is 52.2 Å². The van der Waals surface area contributed by atoms with Gasteiger partial charge in [-0.25, -0.2) is 0 Å². The maximum absolute atomic E-state index is 13.1. The first-order valence-electron chi connectivity index (χ1n) is 9.08. The fourth-order valence-corrected chi connectivity index (χ4v) is 3.77. The number of amides is 1. The van der Waals surface area contributed by atoms with Gasteiger partial charge in [0.25, 0.3) is 5.91 Å². The lowest BCUT2D eigenvalue weighted by Crippen LogP contribution is -2.54. The van der Waals surface area contributed by atoms with E-state index in [0.29, 0.717) is 6.54 Å². The summed E-state index contributed by atoms with van der Waals surface area (Å²) in [5, 5.41) is 3.30. The summed E-state index contributed by atoms with van der Waals surface area (Å²) in [6.45, 7) is 5.51. The zero-order valence-electron chi connectivity index (χ0n) is 16.1. The van der Waals surface area contributed by atoms with E-state index in [-0.39, 0.29) is 30.7 Å². The molecule has 0 saturated carbocycles. The third-order valence-corrected chi connectivity index (χ3v) is 5.29. The Morgan fingerprint density at radius 1 is 1.22 bits per heavy atom. The van der Waals surface area contributed by atoms with Gasteiger partial charge in [0.2, 0.25) is 0 Å². The number of anilines is 1. The summed E-state index contributed by atoms with van der Waals surface area (Å²) >= 11 is 0. The van der Waals surface area contributed by atoms with Crippen LogP contribution in [0.4, 0.5) is 5.69 Å². The Morgan fingerprint density at radius 2 is 1.85 bits per heavy atom. The first-order valence-corrected chi connectivity index (χ1v) is 9.08. The minimum atomic E-state index is -0.687. The largest absolute Gasteiger partial charge is 0.378 e. The van der Waals surface area contributed by atoms with Gasteiger partial charge in [0.1, 0.15) is 5.60 Å². The number of morpholine rings is 1. The van der Waals surface area contributed by atoms with Crippen LogP contribution < -0.4 is 10.2 Å². The highest BCUT2D eigenvalue weighted by atomic mass is 35.5. The third kappa shape index (κ3) is 5.48. The van der Waals surface area contributed by atoms with Crippen molar-refractivity contribution >= 4 is 36.4 Å². The molecule has 0 atom stereocenters. The molecule has 6 nitrogen and oxygen atoms in total. The fourth-order valence-electron chi connectivity index (χ4n) is 3.77. The predicted octanol–water partition coefficient (Wildman–Crippen LogP) is 2.09. The zero-order valence-corrected chi connectivity index (χ0v) is 17.7. The lowest BCUT2D eigenvalue weighted by molar-refractivity contribution is -0.157. The second-order valence-electron chi connectivity index (χ2n) is 6.84. The maximum Gasteiger partial charge on any atom is 0.254 e. The number of piperidine rings is 1. The highest BCUT2D eigenvalue weighted by molar-refractivity contribution is 5.86. The first-order chi connectivity index (χ1) is 12.2. The van der Waals surface area contributed by atoms with Gasteiger partial charge in [0.15, 0.2) is 0 Å². The Balaban J connectivity index is 0.00000182. The van der Waals surface area contributed by atoms with Crippen molar-refractivity contribution < 1.29 is 14.3 Å². The van der Waals surface area contributed by atoms with Crippen molar-refractivity contribution in [1.29, 1.82) is 0 Å². The second kappa shape index (κ2) is 11.1. The van der Waals surface area contributed by atoms with E-state index in [2.05, 4.69) is 28.4 Å². The fraction of sp³-hybridized carbons (Fsp3) is 0.632. The first kappa shape index (κ1) is 24.0. The molecule has 2 heterocycles. The van der Waals surface area contributed by atoms with Gasteiger partial charge in [-0.1, -0.05) is 18.2 Å². The molecular weight excluding hydrogens is 389 g/mol. The van der Waals surface area contributed by atoms with Crippen LogP contribution in [0.1, 0.15) is 18.4 Å². The molecule has 2 aliphatic heterocycles. The van der Waals surface area contributed by atoms with Crippen LogP contribution in [0.5, 0.6) is 0 Å².